The third-order valence-electron chi connectivity index (χ3n) is 3.69. The fraction of sp³-hybridized carbons (Fsp3) is 0.588. The standard InChI is InChI=1S/C17H21F5O2/c1-3-4-5-6-7-8-9-10(2)24-17(23)11-12(18)14(20)16(22)15(21)13(11)19/h10H,3-9H2,1-2H3. The summed E-state index contributed by atoms with van der Waals surface area (Å²) in [4.78, 5) is 11.7. The van der Waals surface area contributed by atoms with Crippen molar-refractivity contribution >= 4 is 5.97 Å². The van der Waals surface area contributed by atoms with Gasteiger partial charge in [-0.1, -0.05) is 39.0 Å². The van der Waals surface area contributed by atoms with E-state index in [1.165, 1.54) is 6.92 Å². The van der Waals surface area contributed by atoms with Crippen LogP contribution in [-0.2, 0) is 4.74 Å². The number of unbranched alkanes of at least 4 members (excludes halogenated alkanes) is 5. The van der Waals surface area contributed by atoms with Crippen LogP contribution in [0.2, 0.25) is 0 Å². The fourth-order valence-corrected chi connectivity index (χ4v) is 2.30. The summed E-state index contributed by atoms with van der Waals surface area (Å²) in [5, 5.41) is 0. The zero-order chi connectivity index (χ0) is 18.3. The quantitative estimate of drug-likeness (QED) is 0.188. The number of ether oxygens (including phenoxy) is 1. The topological polar surface area (TPSA) is 26.3 Å². The Morgan fingerprint density at radius 1 is 0.833 bits per heavy atom. The van der Waals surface area contributed by atoms with Gasteiger partial charge < -0.3 is 4.74 Å². The lowest BCUT2D eigenvalue weighted by Gasteiger charge is -2.14. The lowest BCUT2D eigenvalue weighted by atomic mass is 10.1. The summed E-state index contributed by atoms with van der Waals surface area (Å²) >= 11 is 0. The number of carbonyl (C=O) groups excluding carboxylic acids is 1. The first-order valence-electron chi connectivity index (χ1n) is 8.03. The molecule has 0 radical (unpaired) electrons. The third-order valence-corrected chi connectivity index (χ3v) is 3.69. The fourth-order valence-electron chi connectivity index (χ4n) is 2.30. The van der Waals surface area contributed by atoms with Gasteiger partial charge in [-0.2, -0.15) is 0 Å². The van der Waals surface area contributed by atoms with Crippen molar-refractivity contribution in [1.82, 2.24) is 0 Å². The highest BCUT2D eigenvalue weighted by Gasteiger charge is 2.31. The van der Waals surface area contributed by atoms with E-state index >= 15 is 0 Å². The van der Waals surface area contributed by atoms with Gasteiger partial charge in [0.1, 0.15) is 5.56 Å². The van der Waals surface area contributed by atoms with Gasteiger partial charge in [0.25, 0.3) is 0 Å². The zero-order valence-electron chi connectivity index (χ0n) is 13.7. The molecule has 2 nitrogen and oxygen atoms in total. The molecule has 0 heterocycles. The van der Waals surface area contributed by atoms with Gasteiger partial charge in [0.2, 0.25) is 5.82 Å². The molecule has 1 unspecified atom stereocenters. The van der Waals surface area contributed by atoms with Crippen molar-refractivity contribution in [3.8, 4) is 0 Å². The van der Waals surface area contributed by atoms with Crippen molar-refractivity contribution in [2.75, 3.05) is 0 Å². The summed E-state index contributed by atoms with van der Waals surface area (Å²) in [6.07, 6.45) is 5.84. The number of hydrogen-bond donors (Lipinski definition) is 0. The molecule has 1 rings (SSSR count). The van der Waals surface area contributed by atoms with Gasteiger partial charge in [0.05, 0.1) is 6.10 Å². The van der Waals surface area contributed by atoms with E-state index in [4.69, 9.17) is 4.74 Å². The first-order valence-corrected chi connectivity index (χ1v) is 8.03. The highest BCUT2D eigenvalue weighted by Crippen LogP contribution is 2.24. The molecular weight excluding hydrogens is 331 g/mol. The number of esters is 1. The molecule has 0 aromatic heterocycles. The van der Waals surface area contributed by atoms with E-state index in [-0.39, 0.29) is 0 Å². The molecule has 0 saturated heterocycles. The molecule has 0 N–H and O–H groups in total. The number of halogens is 5. The molecule has 7 heteroatoms. The van der Waals surface area contributed by atoms with Crippen LogP contribution in [0.25, 0.3) is 0 Å². The van der Waals surface area contributed by atoms with Gasteiger partial charge in [-0.3, -0.25) is 0 Å². The third kappa shape index (κ3) is 5.18. The maximum atomic E-state index is 13.5. The number of benzene rings is 1. The lowest BCUT2D eigenvalue weighted by molar-refractivity contribution is 0.0305. The number of hydrogen-bond acceptors (Lipinski definition) is 2. The van der Waals surface area contributed by atoms with E-state index in [9.17, 15) is 26.7 Å². The molecule has 0 saturated carbocycles. The molecule has 24 heavy (non-hydrogen) atoms. The van der Waals surface area contributed by atoms with Crippen LogP contribution in [0.3, 0.4) is 0 Å². The van der Waals surface area contributed by atoms with Gasteiger partial charge in [0.15, 0.2) is 23.3 Å². The molecule has 1 aromatic carbocycles. The van der Waals surface area contributed by atoms with Crippen molar-refractivity contribution in [1.29, 1.82) is 0 Å². The molecule has 0 aliphatic heterocycles. The van der Waals surface area contributed by atoms with Gasteiger partial charge in [-0.05, 0) is 19.8 Å². The van der Waals surface area contributed by atoms with Crippen LogP contribution in [0.5, 0.6) is 0 Å². The first-order chi connectivity index (χ1) is 11.3. The average Bonchev–Trinajstić information content (AvgIpc) is 2.54. The van der Waals surface area contributed by atoms with E-state index in [0.717, 1.165) is 38.5 Å². The van der Waals surface area contributed by atoms with Crippen LogP contribution in [0.1, 0.15) is 69.2 Å². The molecular formula is C17H21F5O2. The molecule has 0 amide bonds. The Morgan fingerprint density at radius 2 is 1.29 bits per heavy atom. The van der Waals surface area contributed by atoms with E-state index in [1.807, 2.05) is 0 Å². The second kappa shape index (κ2) is 9.59. The van der Waals surface area contributed by atoms with Crippen molar-refractivity contribution in [3.05, 3.63) is 34.6 Å². The van der Waals surface area contributed by atoms with E-state index in [0.29, 0.717) is 6.42 Å². The van der Waals surface area contributed by atoms with Gasteiger partial charge in [0, 0.05) is 0 Å². The predicted octanol–water partition coefficient (Wildman–Crippen LogP) is 5.68. The van der Waals surface area contributed by atoms with Crippen LogP contribution in [-0.4, -0.2) is 12.1 Å². The van der Waals surface area contributed by atoms with Crippen molar-refractivity contribution in [2.24, 2.45) is 0 Å². The van der Waals surface area contributed by atoms with Crippen molar-refractivity contribution in [3.63, 3.8) is 0 Å². The maximum Gasteiger partial charge on any atom is 0.344 e. The molecule has 0 aliphatic rings. The summed E-state index contributed by atoms with van der Waals surface area (Å²) < 4.78 is 70.9. The van der Waals surface area contributed by atoms with E-state index in [2.05, 4.69) is 6.92 Å². The maximum absolute atomic E-state index is 13.5. The van der Waals surface area contributed by atoms with Crippen LogP contribution < -0.4 is 0 Å². The van der Waals surface area contributed by atoms with Crippen LogP contribution in [0.4, 0.5) is 22.0 Å². The Morgan fingerprint density at radius 3 is 1.83 bits per heavy atom. The molecule has 1 atom stereocenters. The van der Waals surface area contributed by atoms with E-state index in [1.54, 1.807) is 0 Å². The van der Waals surface area contributed by atoms with Crippen molar-refractivity contribution < 1.29 is 31.5 Å². The Hall–Kier alpha value is -1.66. The zero-order valence-corrected chi connectivity index (χ0v) is 13.7. The average molecular weight is 352 g/mol. The minimum Gasteiger partial charge on any atom is -0.459 e. The summed E-state index contributed by atoms with van der Waals surface area (Å²) in [5.74, 6) is -12.5. The smallest absolute Gasteiger partial charge is 0.344 e. The minimum absolute atomic E-state index is 0.452. The second-order valence-electron chi connectivity index (χ2n) is 5.72. The first kappa shape index (κ1) is 20.4. The summed E-state index contributed by atoms with van der Waals surface area (Å²) in [6, 6.07) is 0. The summed E-state index contributed by atoms with van der Waals surface area (Å²) in [5.41, 5.74) is -1.55. The monoisotopic (exact) mass is 352 g/mol. The predicted molar refractivity (Wildman–Crippen MR) is 79.1 cm³/mol. The van der Waals surface area contributed by atoms with Gasteiger partial charge in [-0.15, -0.1) is 0 Å². The Balaban J connectivity index is 2.62. The van der Waals surface area contributed by atoms with Crippen LogP contribution >= 0.6 is 0 Å². The SMILES string of the molecule is CCCCCCCCC(C)OC(=O)c1c(F)c(F)c(F)c(F)c1F. The summed E-state index contributed by atoms with van der Waals surface area (Å²) in [6.45, 7) is 3.61. The largest absolute Gasteiger partial charge is 0.459 e. The summed E-state index contributed by atoms with van der Waals surface area (Å²) in [7, 11) is 0. The normalized spacial score (nSPS) is 12.3. The van der Waals surface area contributed by atoms with Crippen LogP contribution in [0, 0.1) is 29.1 Å². The molecule has 0 spiro atoms. The molecule has 0 fully saturated rings. The van der Waals surface area contributed by atoms with E-state index < -0.39 is 46.7 Å². The lowest BCUT2D eigenvalue weighted by Crippen LogP contribution is -2.20. The highest BCUT2D eigenvalue weighted by molar-refractivity contribution is 5.90. The van der Waals surface area contributed by atoms with Gasteiger partial charge >= 0.3 is 5.97 Å². The van der Waals surface area contributed by atoms with Gasteiger partial charge in [-0.25, -0.2) is 26.7 Å². The second-order valence-corrected chi connectivity index (χ2v) is 5.72. The Kier molecular flexibility index (Phi) is 8.15. The highest BCUT2D eigenvalue weighted by atomic mass is 19.2. The molecule has 136 valence electrons. The van der Waals surface area contributed by atoms with Crippen molar-refractivity contribution in [2.45, 2.75) is 64.9 Å². The van der Waals surface area contributed by atoms with Crippen LogP contribution in [0.15, 0.2) is 0 Å². The number of carbonyl (C=O) groups is 1. The molecule has 1 aromatic rings. The Bertz CT molecular complexity index is 546. The molecule has 0 aliphatic carbocycles. The Labute approximate surface area is 138 Å². The number of rotatable bonds is 9. The minimum atomic E-state index is -2.30. The molecule has 0 bridgehead atoms.